The van der Waals surface area contributed by atoms with E-state index in [1.54, 1.807) is 23.9 Å². The Morgan fingerprint density at radius 3 is 2.83 bits per heavy atom. The highest BCUT2D eigenvalue weighted by Gasteiger charge is 2.09. The summed E-state index contributed by atoms with van der Waals surface area (Å²) in [4.78, 5) is 21.0. The summed E-state index contributed by atoms with van der Waals surface area (Å²) in [6, 6.07) is 16.2. The normalized spacial score (nSPS) is 10.8. The molecule has 0 saturated carbocycles. The summed E-state index contributed by atoms with van der Waals surface area (Å²) in [7, 11) is 0. The van der Waals surface area contributed by atoms with Crippen LogP contribution >= 0.6 is 27.3 Å². The SMILES string of the molecule is O=C(Cc1csc(-c2cccc(Br)c2)n1)NCc1cccc(Cn2ccnc2)c1. The molecule has 0 atom stereocenters. The van der Waals surface area contributed by atoms with E-state index in [4.69, 9.17) is 0 Å². The minimum Gasteiger partial charge on any atom is -0.352 e. The first-order valence-electron chi connectivity index (χ1n) is 9.16. The second-order valence-corrected chi connectivity index (χ2v) is 8.44. The fourth-order valence-corrected chi connectivity index (χ4v) is 4.21. The lowest BCUT2D eigenvalue weighted by Crippen LogP contribution is -2.24. The second kappa shape index (κ2) is 9.15. The summed E-state index contributed by atoms with van der Waals surface area (Å²) >= 11 is 5.03. The Bertz CT molecular complexity index is 1110. The maximum atomic E-state index is 12.4. The Kier molecular flexibility index (Phi) is 6.17. The molecule has 7 heteroatoms. The Hall–Kier alpha value is -2.77. The van der Waals surface area contributed by atoms with Gasteiger partial charge in [0.2, 0.25) is 5.91 Å². The zero-order chi connectivity index (χ0) is 20.1. The van der Waals surface area contributed by atoms with E-state index >= 15 is 0 Å². The zero-order valence-electron chi connectivity index (χ0n) is 15.6. The summed E-state index contributed by atoms with van der Waals surface area (Å²) in [5.41, 5.74) is 4.08. The van der Waals surface area contributed by atoms with Crippen LogP contribution in [0.3, 0.4) is 0 Å². The first kappa shape index (κ1) is 19.5. The predicted octanol–water partition coefficient (Wildman–Crippen LogP) is 4.68. The van der Waals surface area contributed by atoms with E-state index in [2.05, 4.69) is 43.3 Å². The Balaban J connectivity index is 1.32. The van der Waals surface area contributed by atoms with Crippen LogP contribution in [0.5, 0.6) is 0 Å². The minimum absolute atomic E-state index is 0.0314. The van der Waals surface area contributed by atoms with Crippen LogP contribution in [0.4, 0.5) is 0 Å². The summed E-state index contributed by atoms with van der Waals surface area (Å²) in [5.74, 6) is -0.0314. The molecule has 0 aliphatic carbocycles. The number of carbonyl (C=O) groups is 1. The van der Waals surface area contributed by atoms with Crippen molar-refractivity contribution in [2.75, 3.05) is 0 Å². The van der Waals surface area contributed by atoms with Gasteiger partial charge in [0, 0.05) is 40.9 Å². The van der Waals surface area contributed by atoms with Crippen LogP contribution in [-0.4, -0.2) is 20.4 Å². The van der Waals surface area contributed by atoms with Crippen molar-refractivity contribution < 1.29 is 4.79 Å². The predicted molar refractivity (Wildman–Crippen MR) is 119 cm³/mol. The van der Waals surface area contributed by atoms with Crippen molar-refractivity contribution in [2.45, 2.75) is 19.5 Å². The molecule has 0 unspecified atom stereocenters. The molecule has 4 rings (SSSR count). The van der Waals surface area contributed by atoms with Crippen LogP contribution in [0, 0.1) is 0 Å². The van der Waals surface area contributed by atoms with Crippen molar-refractivity contribution in [3.8, 4) is 10.6 Å². The molecule has 0 aliphatic heterocycles. The number of halogens is 1. The van der Waals surface area contributed by atoms with Gasteiger partial charge in [-0.2, -0.15) is 0 Å². The van der Waals surface area contributed by atoms with Gasteiger partial charge in [0.1, 0.15) is 5.01 Å². The van der Waals surface area contributed by atoms with Crippen molar-refractivity contribution in [3.63, 3.8) is 0 Å². The maximum absolute atomic E-state index is 12.4. The third-order valence-corrected chi connectivity index (χ3v) is 5.80. The highest BCUT2D eigenvalue weighted by Crippen LogP contribution is 2.26. The highest BCUT2D eigenvalue weighted by molar-refractivity contribution is 9.10. The van der Waals surface area contributed by atoms with E-state index in [0.717, 1.165) is 32.8 Å². The maximum Gasteiger partial charge on any atom is 0.226 e. The molecule has 2 aromatic carbocycles. The van der Waals surface area contributed by atoms with Crippen molar-refractivity contribution in [1.29, 1.82) is 0 Å². The topological polar surface area (TPSA) is 59.8 Å². The molecule has 0 fully saturated rings. The number of nitrogens with zero attached hydrogens (tertiary/aromatic N) is 3. The zero-order valence-corrected chi connectivity index (χ0v) is 18.0. The summed E-state index contributed by atoms with van der Waals surface area (Å²) < 4.78 is 3.03. The van der Waals surface area contributed by atoms with E-state index in [0.29, 0.717) is 6.54 Å². The quantitative estimate of drug-likeness (QED) is 0.430. The number of carbonyl (C=O) groups excluding carboxylic acids is 1. The highest BCUT2D eigenvalue weighted by atomic mass is 79.9. The van der Waals surface area contributed by atoms with Crippen LogP contribution in [-0.2, 0) is 24.3 Å². The molecule has 0 radical (unpaired) electrons. The number of hydrogen-bond acceptors (Lipinski definition) is 4. The largest absolute Gasteiger partial charge is 0.352 e. The average molecular weight is 467 g/mol. The molecule has 1 amide bonds. The number of amides is 1. The molecule has 4 aromatic rings. The van der Waals surface area contributed by atoms with Gasteiger partial charge in [0.05, 0.1) is 18.4 Å². The van der Waals surface area contributed by atoms with Crippen molar-refractivity contribution in [2.24, 2.45) is 0 Å². The smallest absolute Gasteiger partial charge is 0.226 e. The van der Waals surface area contributed by atoms with Gasteiger partial charge in [-0.3, -0.25) is 4.79 Å². The van der Waals surface area contributed by atoms with Gasteiger partial charge in [-0.25, -0.2) is 9.97 Å². The number of nitrogens with one attached hydrogen (secondary N) is 1. The summed E-state index contributed by atoms with van der Waals surface area (Å²) in [5, 5.41) is 5.85. The minimum atomic E-state index is -0.0314. The lowest BCUT2D eigenvalue weighted by Gasteiger charge is -2.07. The molecule has 0 aliphatic rings. The van der Waals surface area contributed by atoms with E-state index in [1.807, 2.05) is 52.5 Å². The van der Waals surface area contributed by atoms with Crippen molar-refractivity contribution in [3.05, 3.63) is 93.9 Å². The molecule has 0 saturated heterocycles. The first-order chi connectivity index (χ1) is 14.2. The third kappa shape index (κ3) is 5.40. The molecule has 1 N–H and O–H groups in total. The standard InChI is InChI=1S/C22H19BrN4OS/c23-19-6-2-5-18(10-19)22-26-20(14-29-22)11-21(28)25-12-16-3-1-4-17(9-16)13-27-8-7-24-15-27/h1-10,14-15H,11-13H2,(H,25,28). The number of hydrogen-bond donors (Lipinski definition) is 1. The molecule has 0 bridgehead atoms. The molecule has 146 valence electrons. The summed E-state index contributed by atoms with van der Waals surface area (Å²) in [6.07, 6.45) is 5.78. The van der Waals surface area contributed by atoms with Crippen LogP contribution in [0.15, 0.2) is 77.1 Å². The van der Waals surface area contributed by atoms with Gasteiger partial charge in [0.15, 0.2) is 0 Å². The van der Waals surface area contributed by atoms with Crippen LogP contribution in [0.2, 0.25) is 0 Å². The number of aromatic nitrogens is 3. The van der Waals surface area contributed by atoms with Crippen LogP contribution in [0.1, 0.15) is 16.8 Å². The molecule has 5 nitrogen and oxygen atoms in total. The summed E-state index contributed by atoms with van der Waals surface area (Å²) in [6.45, 7) is 1.26. The number of thiazole rings is 1. The second-order valence-electron chi connectivity index (χ2n) is 6.66. The van der Waals surface area contributed by atoms with Gasteiger partial charge in [-0.15, -0.1) is 11.3 Å². The van der Waals surface area contributed by atoms with E-state index in [-0.39, 0.29) is 12.3 Å². The van der Waals surface area contributed by atoms with E-state index in [1.165, 1.54) is 5.56 Å². The number of imidazole rings is 1. The Morgan fingerprint density at radius 2 is 2.00 bits per heavy atom. The van der Waals surface area contributed by atoms with Crippen molar-refractivity contribution >= 4 is 33.2 Å². The fourth-order valence-electron chi connectivity index (χ4n) is 3.00. The van der Waals surface area contributed by atoms with Gasteiger partial charge in [-0.05, 0) is 23.3 Å². The monoisotopic (exact) mass is 466 g/mol. The first-order valence-corrected chi connectivity index (χ1v) is 10.8. The lowest BCUT2D eigenvalue weighted by molar-refractivity contribution is -0.120. The molecule has 2 heterocycles. The van der Waals surface area contributed by atoms with Crippen LogP contribution in [0.25, 0.3) is 10.6 Å². The Labute approximate surface area is 181 Å². The van der Waals surface area contributed by atoms with E-state index < -0.39 is 0 Å². The van der Waals surface area contributed by atoms with Gasteiger partial charge in [0.25, 0.3) is 0 Å². The molecular formula is C22H19BrN4OS. The van der Waals surface area contributed by atoms with Gasteiger partial charge in [-0.1, -0.05) is 52.3 Å². The number of benzene rings is 2. The van der Waals surface area contributed by atoms with Crippen LogP contribution < -0.4 is 5.32 Å². The molecule has 2 aromatic heterocycles. The Morgan fingerprint density at radius 1 is 1.14 bits per heavy atom. The van der Waals surface area contributed by atoms with Crippen molar-refractivity contribution in [1.82, 2.24) is 19.9 Å². The molecule has 0 spiro atoms. The van der Waals surface area contributed by atoms with Gasteiger partial charge >= 0.3 is 0 Å². The van der Waals surface area contributed by atoms with Gasteiger partial charge < -0.3 is 9.88 Å². The third-order valence-electron chi connectivity index (χ3n) is 4.37. The molecule has 29 heavy (non-hydrogen) atoms. The number of rotatable bonds is 7. The fraction of sp³-hybridized carbons (Fsp3) is 0.136. The molecular weight excluding hydrogens is 448 g/mol. The lowest BCUT2D eigenvalue weighted by atomic mass is 10.1. The van der Waals surface area contributed by atoms with E-state index in [9.17, 15) is 4.79 Å². The average Bonchev–Trinajstić information content (AvgIpc) is 3.39.